The lowest BCUT2D eigenvalue weighted by atomic mass is 9.96. The predicted molar refractivity (Wildman–Crippen MR) is 96.6 cm³/mol. The molecule has 0 aliphatic carbocycles. The van der Waals surface area contributed by atoms with Gasteiger partial charge >= 0.3 is 0 Å². The number of benzene rings is 1. The Balaban J connectivity index is 1.52. The van der Waals surface area contributed by atoms with E-state index >= 15 is 0 Å². The van der Waals surface area contributed by atoms with Crippen LogP contribution < -0.4 is 0 Å². The van der Waals surface area contributed by atoms with Crippen molar-refractivity contribution < 1.29 is 0 Å². The first kappa shape index (κ1) is 16.0. The topological polar surface area (TPSA) is 51.8 Å². The lowest BCUT2D eigenvalue weighted by molar-refractivity contribution is 0.195. The van der Waals surface area contributed by atoms with Gasteiger partial charge in [0.25, 0.3) is 0 Å². The number of aromatic nitrogens is 5. The average Bonchev–Trinajstić information content (AvgIpc) is 3.25. The fraction of sp³-hybridized carbons (Fsp3) is 0.421. The van der Waals surface area contributed by atoms with Crippen LogP contribution >= 0.6 is 0 Å². The Hall–Kier alpha value is -2.47. The molecule has 0 saturated carbocycles. The second-order valence-electron chi connectivity index (χ2n) is 6.85. The second kappa shape index (κ2) is 6.80. The molecule has 0 spiro atoms. The van der Waals surface area contributed by atoms with E-state index in [0.29, 0.717) is 5.92 Å². The van der Waals surface area contributed by atoms with Crippen LogP contribution in [0.25, 0.3) is 5.69 Å². The van der Waals surface area contributed by atoms with E-state index in [9.17, 15) is 0 Å². The molecular formula is C19H24N6. The van der Waals surface area contributed by atoms with E-state index in [0.717, 1.165) is 37.6 Å². The highest BCUT2D eigenvalue weighted by molar-refractivity contribution is 5.32. The van der Waals surface area contributed by atoms with Gasteiger partial charge in [-0.05, 0) is 38.4 Å². The first-order valence-corrected chi connectivity index (χ1v) is 8.87. The highest BCUT2D eigenvalue weighted by Gasteiger charge is 2.26. The molecule has 0 N–H and O–H groups in total. The van der Waals surface area contributed by atoms with E-state index < -0.39 is 0 Å². The SMILES string of the molecule is Cc1c(CN2CCC[C@H](c3nncn3-c3ccccc3)C2)cnn1C. The van der Waals surface area contributed by atoms with Crippen LogP contribution in [0.2, 0.25) is 0 Å². The number of hydrogen-bond donors (Lipinski definition) is 0. The fourth-order valence-electron chi connectivity index (χ4n) is 3.66. The largest absolute Gasteiger partial charge is 0.298 e. The number of aryl methyl sites for hydroxylation is 1. The Morgan fingerprint density at radius 3 is 2.80 bits per heavy atom. The van der Waals surface area contributed by atoms with E-state index in [1.165, 1.54) is 17.7 Å². The summed E-state index contributed by atoms with van der Waals surface area (Å²) in [5.41, 5.74) is 3.69. The van der Waals surface area contributed by atoms with Crippen molar-refractivity contribution in [2.75, 3.05) is 13.1 Å². The molecule has 6 nitrogen and oxygen atoms in total. The molecule has 3 aromatic rings. The maximum atomic E-state index is 4.45. The lowest BCUT2D eigenvalue weighted by Gasteiger charge is -2.32. The minimum atomic E-state index is 0.411. The number of rotatable bonds is 4. The zero-order valence-electron chi connectivity index (χ0n) is 14.8. The fourth-order valence-corrected chi connectivity index (χ4v) is 3.66. The van der Waals surface area contributed by atoms with Crippen molar-refractivity contribution in [2.45, 2.75) is 32.2 Å². The molecule has 4 rings (SSSR count). The van der Waals surface area contributed by atoms with E-state index in [1.54, 1.807) is 0 Å². The lowest BCUT2D eigenvalue weighted by Crippen LogP contribution is -2.35. The zero-order chi connectivity index (χ0) is 17.2. The third-order valence-corrected chi connectivity index (χ3v) is 5.21. The van der Waals surface area contributed by atoms with Crippen LogP contribution in [0.15, 0.2) is 42.9 Å². The van der Waals surface area contributed by atoms with Crippen LogP contribution in [0.3, 0.4) is 0 Å². The Kier molecular flexibility index (Phi) is 4.36. The van der Waals surface area contributed by atoms with Crippen LogP contribution in [-0.2, 0) is 13.6 Å². The molecule has 0 bridgehead atoms. The smallest absolute Gasteiger partial charge is 0.141 e. The summed E-state index contributed by atoms with van der Waals surface area (Å²) in [6, 6.07) is 10.3. The summed E-state index contributed by atoms with van der Waals surface area (Å²) in [4.78, 5) is 2.52. The van der Waals surface area contributed by atoms with Crippen LogP contribution in [0.5, 0.6) is 0 Å². The summed E-state index contributed by atoms with van der Waals surface area (Å²) in [6.07, 6.45) is 6.17. The summed E-state index contributed by atoms with van der Waals surface area (Å²) in [6.45, 7) is 5.23. The van der Waals surface area contributed by atoms with Gasteiger partial charge in [0, 0.05) is 43.0 Å². The molecule has 3 heterocycles. The molecule has 6 heteroatoms. The molecule has 2 aromatic heterocycles. The van der Waals surface area contributed by atoms with Crippen LogP contribution in [0.1, 0.15) is 35.8 Å². The second-order valence-corrected chi connectivity index (χ2v) is 6.85. The van der Waals surface area contributed by atoms with Gasteiger partial charge in [0.05, 0.1) is 6.20 Å². The number of para-hydroxylation sites is 1. The minimum Gasteiger partial charge on any atom is -0.298 e. The van der Waals surface area contributed by atoms with Crippen molar-refractivity contribution in [3.05, 3.63) is 59.9 Å². The van der Waals surface area contributed by atoms with Crippen molar-refractivity contribution in [2.24, 2.45) is 7.05 Å². The number of nitrogens with zero attached hydrogens (tertiary/aromatic N) is 6. The average molecular weight is 336 g/mol. The van der Waals surface area contributed by atoms with E-state index in [2.05, 4.69) is 56.0 Å². The molecule has 0 radical (unpaired) electrons. The monoisotopic (exact) mass is 336 g/mol. The first-order chi connectivity index (χ1) is 12.2. The highest BCUT2D eigenvalue weighted by Crippen LogP contribution is 2.28. The van der Waals surface area contributed by atoms with Gasteiger partial charge in [-0.15, -0.1) is 10.2 Å². The molecule has 130 valence electrons. The highest BCUT2D eigenvalue weighted by atomic mass is 15.3. The third kappa shape index (κ3) is 3.22. The number of piperidine rings is 1. The van der Waals surface area contributed by atoms with Crippen LogP contribution in [-0.4, -0.2) is 42.5 Å². The van der Waals surface area contributed by atoms with Crippen LogP contribution in [0.4, 0.5) is 0 Å². The molecule has 1 saturated heterocycles. The van der Waals surface area contributed by atoms with Gasteiger partial charge in [0.15, 0.2) is 0 Å². The van der Waals surface area contributed by atoms with Crippen molar-refractivity contribution >= 4 is 0 Å². The molecule has 0 amide bonds. The summed E-state index contributed by atoms with van der Waals surface area (Å²) >= 11 is 0. The molecule has 0 unspecified atom stereocenters. The Labute approximate surface area is 148 Å². The van der Waals surface area contributed by atoms with Gasteiger partial charge in [-0.25, -0.2) is 0 Å². The number of likely N-dealkylation sites (tertiary alicyclic amines) is 1. The van der Waals surface area contributed by atoms with E-state index in [-0.39, 0.29) is 0 Å². The Bertz CT molecular complexity index is 835. The quantitative estimate of drug-likeness (QED) is 0.735. The summed E-state index contributed by atoms with van der Waals surface area (Å²) in [5, 5.41) is 13.0. The van der Waals surface area contributed by atoms with E-state index in [4.69, 9.17) is 0 Å². The summed E-state index contributed by atoms with van der Waals surface area (Å²) in [5.74, 6) is 1.48. The third-order valence-electron chi connectivity index (χ3n) is 5.21. The van der Waals surface area contributed by atoms with Crippen molar-refractivity contribution in [3.63, 3.8) is 0 Å². The van der Waals surface area contributed by atoms with Gasteiger partial charge < -0.3 is 0 Å². The minimum absolute atomic E-state index is 0.411. The molecule has 25 heavy (non-hydrogen) atoms. The zero-order valence-corrected chi connectivity index (χ0v) is 14.8. The summed E-state index contributed by atoms with van der Waals surface area (Å²) in [7, 11) is 2.00. The van der Waals surface area contributed by atoms with Gasteiger partial charge in [0.2, 0.25) is 0 Å². The first-order valence-electron chi connectivity index (χ1n) is 8.87. The van der Waals surface area contributed by atoms with Crippen molar-refractivity contribution in [3.8, 4) is 5.69 Å². The number of hydrogen-bond acceptors (Lipinski definition) is 4. The molecule has 1 aliphatic heterocycles. The maximum absolute atomic E-state index is 4.45. The molecular weight excluding hydrogens is 312 g/mol. The Morgan fingerprint density at radius 2 is 2.04 bits per heavy atom. The molecule has 1 fully saturated rings. The Morgan fingerprint density at radius 1 is 1.20 bits per heavy atom. The van der Waals surface area contributed by atoms with Gasteiger partial charge in [-0.3, -0.25) is 14.1 Å². The van der Waals surface area contributed by atoms with Crippen LogP contribution in [0, 0.1) is 6.92 Å². The normalized spacial score (nSPS) is 18.6. The van der Waals surface area contributed by atoms with Crippen molar-refractivity contribution in [1.29, 1.82) is 0 Å². The van der Waals surface area contributed by atoms with Crippen molar-refractivity contribution in [1.82, 2.24) is 29.4 Å². The predicted octanol–water partition coefficient (Wildman–Crippen LogP) is 2.69. The van der Waals surface area contributed by atoms with E-state index in [1.807, 2.05) is 30.3 Å². The summed E-state index contributed by atoms with van der Waals surface area (Å²) < 4.78 is 4.08. The van der Waals surface area contributed by atoms with Gasteiger partial charge in [0.1, 0.15) is 12.2 Å². The molecule has 1 atom stereocenters. The maximum Gasteiger partial charge on any atom is 0.141 e. The molecule has 1 aliphatic rings. The van der Waals surface area contributed by atoms with Gasteiger partial charge in [-0.2, -0.15) is 5.10 Å². The standard InChI is InChI=1S/C19H24N6/c1-15-17(11-21-23(15)2)13-24-10-6-7-16(12-24)19-22-20-14-25(19)18-8-4-3-5-9-18/h3-5,8-9,11,14,16H,6-7,10,12-13H2,1-2H3/t16-/m0/s1. The molecule has 1 aromatic carbocycles. The van der Waals surface area contributed by atoms with Gasteiger partial charge in [-0.1, -0.05) is 18.2 Å².